The number of nitrogens with one attached hydrogen (secondary N) is 1. The van der Waals surface area contributed by atoms with E-state index in [-0.39, 0.29) is 65.5 Å². The maximum atomic E-state index is 11.6. The van der Waals surface area contributed by atoms with Gasteiger partial charge in [0.05, 0.1) is 12.0 Å². The number of carbonyl (C=O) groups excluding carboxylic acids is 3. The van der Waals surface area contributed by atoms with Crippen LogP contribution in [-0.2, 0) is 14.4 Å². The average molecular weight is 430 g/mol. The predicted octanol–water partition coefficient (Wildman–Crippen LogP) is -3.76. The minimum absolute atomic E-state index is 0. The molecule has 0 aliphatic heterocycles. The number of carbonyl (C=O) groups is 3. The molecule has 0 radical (unpaired) electrons. The van der Waals surface area contributed by atoms with Crippen LogP contribution < -0.4 is 74.6 Å². The second-order valence-electron chi connectivity index (χ2n) is 7.36. The van der Waals surface area contributed by atoms with Crippen molar-refractivity contribution < 1.29 is 83.7 Å². The summed E-state index contributed by atoms with van der Waals surface area (Å²) in [5.74, 6) is -3.58. The molecule has 0 unspecified atom stereocenters. The summed E-state index contributed by atoms with van der Waals surface area (Å²) < 4.78 is 0. The molecule has 1 amide bonds. The topological polar surface area (TPSA) is 109 Å². The molecule has 0 heterocycles. The zero-order chi connectivity index (χ0) is 20.3. The number of unbranched alkanes of at least 4 members (excludes halogenated alkanes) is 13. The first-order chi connectivity index (χ1) is 13.0. The van der Waals surface area contributed by atoms with Crippen LogP contribution in [0.25, 0.3) is 0 Å². The Balaban J connectivity index is -0.00000338. The smallest absolute Gasteiger partial charge is 0.550 e. The quantitative estimate of drug-likeness (QED) is 0.168. The van der Waals surface area contributed by atoms with Crippen LogP contribution in [0.5, 0.6) is 0 Å². The van der Waals surface area contributed by atoms with Gasteiger partial charge in [0.1, 0.15) is 0 Å². The first kappa shape index (κ1) is 34.0. The van der Waals surface area contributed by atoms with E-state index in [4.69, 9.17) is 0 Å². The summed E-state index contributed by atoms with van der Waals surface area (Å²) in [5.41, 5.74) is 0. The molecule has 0 saturated carbocycles. The largest absolute Gasteiger partial charge is 1.00 e. The molecular formula is C21H37NNa2O5. The van der Waals surface area contributed by atoms with Gasteiger partial charge in [-0.1, -0.05) is 90.4 Å². The molecule has 8 heteroatoms. The Morgan fingerprint density at radius 2 is 1.07 bits per heavy atom. The molecule has 0 aliphatic carbocycles. The van der Waals surface area contributed by atoms with Gasteiger partial charge in [0.15, 0.2) is 0 Å². The normalized spacial score (nSPS) is 11.1. The molecule has 0 bridgehead atoms. The average Bonchev–Trinajstić information content (AvgIpc) is 2.61. The molecule has 0 rings (SSSR count). The van der Waals surface area contributed by atoms with Crippen molar-refractivity contribution in [1.29, 1.82) is 0 Å². The molecule has 1 N–H and O–H groups in total. The van der Waals surface area contributed by atoms with E-state index in [1.54, 1.807) is 0 Å². The Hall–Kier alpha value is 0.410. The molecule has 0 aromatic rings. The number of amides is 1. The zero-order valence-corrected chi connectivity index (χ0v) is 22.9. The van der Waals surface area contributed by atoms with E-state index in [0.29, 0.717) is 6.42 Å². The number of rotatable bonds is 19. The van der Waals surface area contributed by atoms with Crippen molar-refractivity contribution in [2.75, 3.05) is 0 Å². The van der Waals surface area contributed by atoms with E-state index in [2.05, 4.69) is 12.2 Å². The van der Waals surface area contributed by atoms with Gasteiger partial charge in [0, 0.05) is 18.8 Å². The van der Waals surface area contributed by atoms with Crippen molar-refractivity contribution in [1.82, 2.24) is 5.32 Å². The maximum Gasteiger partial charge on any atom is 1.00 e. The zero-order valence-electron chi connectivity index (χ0n) is 18.9. The van der Waals surface area contributed by atoms with Crippen LogP contribution in [0.2, 0.25) is 0 Å². The second kappa shape index (κ2) is 24.7. The third-order valence-electron chi connectivity index (χ3n) is 4.75. The number of carboxylic acids is 2. The molecule has 0 fully saturated rings. The Kier molecular flexibility index (Phi) is 29.0. The first-order valence-electron chi connectivity index (χ1n) is 10.7. The van der Waals surface area contributed by atoms with Gasteiger partial charge in [0.2, 0.25) is 5.91 Å². The Morgan fingerprint density at radius 1 is 0.690 bits per heavy atom. The summed E-state index contributed by atoms with van der Waals surface area (Å²) in [6, 6.07) is -1.52. The van der Waals surface area contributed by atoms with E-state index in [1.165, 1.54) is 64.2 Å². The van der Waals surface area contributed by atoms with Crippen LogP contribution in [0.1, 0.15) is 110 Å². The van der Waals surface area contributed by atoms with Crippen LogP contribution in [0, 0.1) is 0 Å². The van der Waals surface area contributed by atoms with E-state index < -0.39 is 30.3 Å². The summed E-state index contributed by atoms with van der Waals surface area (Å²) in [5, 5.41) is 23.4. The van der Waals surface area contributed by atoms with E-state index in [9.17, 15) is 24.6 Å². The summed E-state index contributed by atoms with van der Waals surface area (Å²) in [6.45, 7) is 2.24. The standard InChI is InChI=1S/C21H39NO5.2Na/c1-2-3-4-5-6-7-8-9-10-11-12-13-14-15-16-19(23)22-18(21(26)27)17-20(24)25;;/h18H,2-17H2,1H3,(H,22,23)(H,24,25)(H,26,27);;/q;2*+1/p-2/t18-;;/m0../s1. The molecule has 0 aromatic carbocycles. The Labute approximate surface area is 220 Å². The predicted molar refractivity (Wildman–Crippen MR) is 101 cm³/mol. The monoisotopic (exact) mass is 429 g/mol. The molecule has 0 saturated heterocycles. The SMILES string of the molecule is CCCCCCCCCCCCCCCCC(=O)N[C@@H](CC(=O)[O-])C(=O)[O-].[Na+].[Na+]. The van der Waals surface area contributed by atoms with Gasteiger partial charge in [0.25, 0.3) is 0 Å². The van der Waals surface area contributed by atoms with Crippen LogP contribution in [0.3, 0.4) is 0 Å². The maximum absolute atomic E-state index is 11.6. The van der Waals surface area contributed by atoms with E-state index in [1.807, 2.05) is 0 Å². The van der Waals surface area contributed by atoms with Gasteiger partial charge in [-0.2, -0.15) is 0 Å². The minimum atomic E-state index is -1.60. The first-order valence-corrected chi connectivity index (χ1v) is 10.7. The van der Waals surface area contributed by atoms with Crippen LogP contribution in [-0.4, -0.2) is 23.9 Å². The fourth-order valence-electron chi connectivity index (χ4n) is 3.11. The Morgan fingerprint density at radius 3 is 1.41 bits per heavy atom. The van der Waals surface area contributed by atoms with Gasteiger partial charge >= 0.3 is 59.1 Å². The molecule has 6 nitrogen and oxygen atoms in total. The molecule has 0 aliphatic rings. The fraction of sp³-hybridized carbons (Fsp3) is 0.857. The summed E-state index contributed by atoms with van der Waals surface area (Å²) in [4.78, 5) is 32.8. The van der Waals surface area contributed by atoms with Crippen molar-refractivity contribution in [3.05, 3.63) is 0 Å². The van der Waals surface area contributed by atoms with Gasteiger partial charge in [-0.15, -0.1) is 0 Å². The van der Waals surface area contributed by atoms with Crippen molar-refractivity contribution >= 4 is 17.8 Å². The van der Waals surface area contributed by atoms with E-state index in [0.717, 1.165) is 19.3 Å². The second-order valence-corrected chi connectivity index (χ2v) is 7.36. The van der Waals surface area contributed by atoms with Crippen LogP contribution in [0.4, 0.5) is 0 Å². The number of aliphatic carboxylic acids is 2. The molecule has 1 atom stereocenters. The summed E-state index contributed by atoms with van der Waals surface area (Å²) in [6.07, 6.45) is 16.5. The molecule has 29 heavy (non-hydrogen) atoms. The van der Waals surface area contributed by atoms with Crippen LogP contribution >= 0.6 is 0 Å². The molecular weight excluding hydrogens is 392 g/mol. The van der Waals surface area contributed by atoms with Crippen molar-refractivity contribution in [2.24, 2.45) is 0 Å². The van der Waals surface area contributed by atoms with Crippen molar-refractivity contribution in [2.45, 2.75) is 116 Å². The molecule has 0 spiro atoms. The molecule has 158 valence electrons. The summed E-state index contributed by atoms with van der Waals surface area (Å²) >= 11 is 0. The number of carboxylic acid groups (broad SMARTS) is 2. The van der Waals surface area contributed by atoms with Crippen molar-refractivity contribution in [3.63, 3.8) is 0 Å². The third-order valence-corrected chi connectivity index (χ3v) is 4.75. The fourth-order valence-corrected chi connectivity index (χ4v) is 3.11. The third kappa shape index (κ3) is 24.6. The summed E-state index contributed by atoms with van der Waals surface area (Å²) in [7, 11) is 0. The molecule has 0 aromatic heterocycles. The van der Waals surface area contributed by atoms with Gasteiger partial charge in [-0.3, -0.25) is 4.79 Å². The van der Waals surface area contributed by atoms with E-state index >= 15 is 0 Å². The minimum Gasteiger partial charge on any atom is -0.550 e. The van der Waals surface area contributed by atoms with Crippen LogP contribution in [0.15, 0.2) is 0 Å². The number of hydrogen-bond donors (Lipinski definition) is 1. The number of hydrogen-bond acceptors (Lipinski definition) is 5. The van der Waals surface area contributed by atoms with Gasteiger partial charge in [-0.05, 0) is 6.42 Å². The van der Waals surface area contributed by atoms with Gasteiger partial charge < -0.3 is 25.1 Å². The van der Waals surface area contributed by atoms with Crippen molar-refractivity contribution in [3.8, 4) is 0 Å². The Bertz CT molecular complexity index is 422. The van der Waals surface area contributed by atoms with Gasteiger partial charge in [-0.25, -0.2) is 0 Å².